The summed E-state index contributed by atoms with van der Waals surface area (Å²) in [7, 11) is 1.45. The number of carbonyl (C=O) groups excluding carboxylic acids is 2. The molecule has 35 heavy (non-hydrogen) atoms. The van der Waals surface area contributed by atoms with Crippen molar-refractivity contribution in [3.05, 3.63) is 59.7 Å². The number of aromatic nitrogens is 2. The molecule has 0 unspecified atom stereocenters. The van der Waals surface area contributed by atoms with Gasteiger partial charge in [0.1, 0.15) is 12.4 Å². The second kappa shape index (κ2) is 11.4. The molecule has 3 aromatic rings. The van der Waals surface area contributed by atoms with Gasteiger partial charge in [0.2, 0.25) is 5.91 Å². The highest BCUT2D eigenvalue weighted by molar-refractivity contribution is 6.07. The van der Waals surface area contributed by atoms with Gasteiger partial charge in [-0.1, -0.05) is 19.1 Å². The lowest BCUT2D eigenvalue weighted by Gasteiger charge is -2.26. The van der Waals surface area contributed by atoms with Gasteiger partial charge >= 0.3 is 0 Å². The summed E-state index contributed by atoms with van der Waals surface area (Å²) in [6.45, 7) is 4.18. The van der Waals surface area contributed by atoms with Crippen LogP contribution in [0.5, 0.6) is 0 Å². The van der Waals surface area contributed by atoms with Crippen LogP contribution in [0.1, 0.15) is 42.1 Å². The van der Waals surface area contributed by atoms with Crippen molar-refractivity contribution in [1.29, 1.82) is 0 Å². The topological polar surface area (TPSA) is 85.7 Å². The second-order valence-electron chi connectivity index (χ2n) is 8.76. The molecule has 0 spiro atoms. The Labute approximate surface area is 204 Å². The maximum Gasteiger partial charge on any atom is 0.256 e. The Morgan fingerprint density at radius 2 is 2.09 bits per heavy atom. The summed E-state index contributed by atoms with van der Waals surface area (Å²) in [5.41, 5.74) is 3.05. The number of hydrogen-bond donors (Lipinski definition) is 1. The van der Waals surface area contributed by atoms with Gasteiger partial charge in [-0.3, -0.25) is 9.59 Å². The standard InChI is InChI=1S/C26H31FN4O4/c1-3-10-30(15-21-5-4-11-35-21)26(33)22-12-20(29-24(32)16-34-2)13-23-25(22)31(17-28-23)14-18-6-8-19(27)9-7-18/h6-9,12-13,17,21H,3-5,10-11,14-16H2,1-2H3,(H,29,32)/t21-/m0/s1. The van der Waals surface area contributed by atoms with E-state index in [1.807, 2.05) is 16.4 Å². The number of nitrogens with one attached hydrogen (secondary N) is 1. The number of fused-ring (bicyclic) bond motifs is 1. The molecule has 1 aliphatic heterocycles. The summed E-state index contributed by atoms with van der Waals surface area (Å²) < 4.78 is 26.0. The van der Waals surface area contributed by atoms with Crippen LogP contribution in [0.3, 0.4) is 0 Å². The number of amides is 2. The molecule has 1 N–H and O–H groups in total. The number of rotatable bonds is 10. The van der Waals surface area contributed by atoms with Gasteiger partial charge in [-0.05, 0) is 49.1 Å². The van der Waals surface area contributed by atoms with Crippen LogP contribution in [-0.4, -0.2) is 65.8 Å². The maximum absolute atomic E-state index is 13.9. The monoisotopic (exact) mass is 482 g/mol. The first-order valence-electron chi connectivity index (χ1n) is 11.9. The van der Waals surface area contributed by atoms with E-state index in [1.165, 1.54) is 19.2 Å². The zero-order chi connectivity index (χ0) is 24.8. The van der Waals surface area contributed by atoms with Crippen molar-refractivity contribution in [3.8, 4) is 0 Å². The third-order valence-corrected chi connectivity index (χ3v) is 6.00. The van der Waals surface area contributed by atoms with Crippen molar-refractivity contribution in [2.24, 2.45) is 0 Å². The molecular formula is C26H31FN4O4. The van der Waals surface area contributed by atoms with Crippen LogP contribution < -0.4 is 5.32 Å². The Bertz CT molecular complexity index is 1170. The molecule has 0 aliphatic carbocycles. The lowest BCUT2D eigenvalue weighted by Crippen LogP contribution is -2.38. The highest BCUT2D eigenvalue weighted by Gasteiger charge is 2.26. The van der Waals surface area contributed by atoms with Crippen LogP contribution in [0, 0.1) is 5.82 Å². The number of halogens is 1. The van der Waals surface area contributed by atoms with E-state index in [9.17, 15) is 14.0 Å². The van der Waals surface area contributed by atoms with Crippen molar-refractivity contribution < 1.29 is 23.5 Å². The minimum absolute atomic E-state index is 0.0229. The zero-order valence-electron chi connectivity index (χ0n) is 20.1. The Balaban J connectivity index is 1.73. The Kier molecular flexibility index (Phi) is 8.09. The van der Waals surface area contributed by atoms with E-state index in [1.54, 1.807) is 30.6 Å². The number of methoxy groups -OCH3 is 1. The number of hydrogen-bond acceptors (Lipinski definition) is 5. The maximum atomic E-state index is 13.9. The number of anilines is 1. The van der Waals surface area contributed by atoms with Crippen LogP contribution in [-0.2, 0) is 20.8 Å². The highest BCUT2D eigenvalue weighted by atomic mass is 19.1. The SMILES string of the molecule is CCCN(C[C@@H]1CCCO1)C(=O)c1cc(NC(=O)COC)cc2ncn(Cc3ccc(F)cc3)c12. The predicted octanol–water partition coefficient (Wildman–Crippen LogP) is 3.84. The van der Waals surface area contributed by atoms with Crippen LogP contribution in [0.15, 0.2) is 42.7 Å². The fraction of sp³-hybridized carbons (Fsp3) is 0.423. The van der Waals surface area contributed by atoms with E-state index < -0.39 is 0 Å². The van der Waals surface area contributed by atoms with Crippen LogP contribution in [0.2, 0.25) is 0 Å². The van der Waals surface area contributed by atoms with Gasteiger partial charge in [0, 0.05) is 39.0 Å². The lowest BCUT2D eigenvalue weighted by atomic mass is 10.1. The van der Waals surface area contributed by atoms with Crippen molar-refractivity contribution in [1.82, 2.24) is 14.5 Å². The molecule has 0 bridgehead atoms. The lowest BCUT2D eigenvalue weighted by molar-refractivity contribution is -0.119. The molecule has 0 saturated carbocycles. The third kappa shape index (κ3) is 6.04. The number of imidazole rings is 1. The predicted molar refractivity (Wildman–Crippen MR) is 131 cm³/mol. The fourth-order valence-corrected chi connectivity index (χ4v) is 4.43. The molecular weight excluding hydrogens is 451 g/mol. The molecule has 2 heterocycles. The average molecular weight is 483 g/mol. The van der Waals surface area contributed by atoms with E-state index in [-0.39, 0.29) is 30.3 Å². The van der Waals surface area contributed by atoms with Crippen molar-refractivity contribution >= 4 is 28.5 Å². The molecule has 4 rings (SSSR count). The third-order valence-electron chi connectivity index (χ3n) is 6.00. The number of carbonyl (C=O) groups is 2. The van der Waals surface area contributed by atoms with Gasteiger partial charge in [0.15, 0.2) is 0 Å². The molecule has 1 fully saturated rings. The van der Waals surface area contributed by atoms with Crippen molar-refractivity contribution in [2.75, 3.05) is 38.7 Å². The molecule has 9 heteroatoms. The normalized spacial score (nSPS) is 15.5. The zero-order valence-corrected chi connectivity index (χ0v) is 20.1. The molecule has 1 atom stereocenters. The van der Waals surface area contributed by atoms with Gasteiger partial charge < -0.3 is 24.3 Å². The van der Waals surface area contributed by atoms with E-state index in [0.29, 0.717) is 48.5 Å². The van der Waals surface area contributed by atoms with Gasteiger partial charge in [0.05, 0.1) is 29.0 Å². The summed E-state index contributed by atoms with van der Waals surface area (Å²) >= 11 is 0. The quantitative estimate of drug-likeness (QED) is 0.475. The van der Waals surface area contributed by atoms with E-state index in [4.69, 9.17) is 9.47 Å². The van der Waals surface area contributed by atoms with Gasteiger partial charge in [-0.2, -0.15) is 0 Å². The summed E-state index contributed by atoms with van der Waals surface area (Å²) in [5, 5.41) is 2.79. The minimum atomic E-state index is -0.319. The average Bonchev–Trinajstić information content (AvgIpc) is 3.49. The summed E-state index contributed by atoms with van der Waals surface area (Å²) in [6, 6.07) is 9.68. The van der Waals surface area contributed by atoms with E-state index in [0.717, 1.165) is 24.8 Å². The van der Waals surface area contributed by atoms with Crippen LogP contribution in [0.25, 0.3) is 11.0 Å². The van der Waals surface area contributed by atoms with Crippen molar-refractivity contribution in [2.45, 2.75) is 38.8 Å². The van der Waals surface area contributed by atoms with E-state index >= 15 is 0 Å². The molecule has 1 aromatic heterocycles. The Hall–Kier alpha value is -3.30. The summed E-state index contributed by atoms with van der Waals surface area (Å²) in [4.78, 5) is 32.4. The molecule has 2 amide bonds. The number of nitrogens with zero attached hydrogens (tertiary/aromatic N) is 3. The first-order chi connectivity index (χ1) is 17.0. The second-order valence-corrected chi connectivity index (χ2v) is 8.76. The summed E-state index contributed by atoms with van der Waals surface area (Å²) in [6.07, 6.45) is 4.42. The first-order valence-corrected chi connectivity index (χ1v) is 11.9. The Morgan fingerprint density at radius 1 is 1.29 bits per heavy atom. The minimum Gasteiger partial charge on any atom is -0.376 e. The van der Waals surface area contributed by atoms with Gasteiger partial charge in [0.25, 0.3) is 5.91 Å². The Morgan fingerprint density at radius 3 is 2.77 bits per heavy atom. The molecule has 8 nitrogen and oxygen atoms in total. The van der Waals surface area contributed by atoms with Gasteiger partial charge in [-0.15, -0.1) is 0 Å². The fourth-order valence-electron chi connectivity index (χ4n) is 4.43. The molecule has 1 saturated heterocycles. The smallest absolute Gasteiger partial charge is 0.256 e. The van der Waals surface area contributed by atoms with Gasteiger partial charge in [-0.25, -0.2) is 9.37 Å². The molecule has 0 radical (unpaired) electrons. The van der Waals surface area contributed by atoms with E-state index in [2.05, 4.69) is 10.3 Å². The number of ether oxygens (including phenoxy) is 2. The highest BCUT2D eigenvalue weighted by Crippen LogP contribution is 2.27. The van der Waals surface area contributed by atoms with Crippen LogP contribution >= 0.6 is 0 Å². The number of benzene rings is 2. The molecule has 1 aliphatic rings. The molecule has 2 aromatic carbocycles. The molecule has 186 valence electrons. The van der Waals surface area contributed by atoms with Crippen LogP contribution in [0.4, 0.5) is 10.1 Å². The van der Waals surface area contributed by atoms with Crippen molar-refractivity contribution in [3.63, 3.8) is 0 Å². The largest absolute Gasteiger partial charge is 0.376 e. The first kappa shape index (κ1) is 24.8. The summed E-state index contributed by atoms with van der Waals surface area (Å²) in [5.74, 6) is -0.766.